The Hall–Kier alpha value is -3.37. The van der Waals surface area contributed by atoms with E-state index in [1.807, 2.05) is 37.5 Å². The highest BCUT2D eigenvalue weighted by Crippen LogP contribution is 2.30. The van der Waals surface area contributed by atoms with Crippen LogP contribution < -0.4 is 10.1 Å². The second kappa shape index (κ2) is 11.2. The molecule has 1 amide bonds. The number of carbonyl (C=O) groups is 1. The SMILES string of the molecule is C=CCn1c(SCC(=O)Nc2ccc([N+](=O)[O-])cc2)nnc1C(C)Oc1cc(C)c(Cl)c(C)c1. The number of aromatic nitrogens is 3. The molecule has 1 heterocycles. The molecule has 0 radical (unpaired) electrons. The fraction of sp³-hybridized carbons (Fsp3) is 0.261. The van der Waals surface area contributed by atoms with Gasteiger partial charge in [-0.3, -0.25) is 19.5 Å². The maximum Gasteiger partial charge on any atom is 0.269 e. The number of hydrogen-bond donors (Lipinski definition) is 1. The van der Waals surface area contributed by atoms with Gasteiger partial charge in [0.1, 0.15) is 5.75 Å². The van der Waals surface area contributed by atoms with Gasteiger partial charge in [-0.25, -0.2) is 0 Å². The van der Waals surface area contributed by atoms with Crippen molar-refractivity contribution in [2.24, 2.45) is 0 Å². The molecular weight excluding hydrogens is 478 g/mol. The van der Waals surface area contributed by atoms with Gasteiger partial charge in [0.2, 0.25) is 5.91 Å². The average Bonchev–Trinajstić information content (AvgIpc) is 3.19. The Morgan fingerprint density at radius 1 is 1.29 bits per heavy atom. The van der Waals surface area contributed by atoms with Crippen molar-refractivity contribution >= 4 is 40.6 Å². The van der Waals surface area contributed by atoms with Crippen molar-refractivity contribution in [1.29, 1.82) is 0 Å². The summed E-state index contributed by atoms with van der Waals surface area (Å²) in [5, 5.41) is 23.2. The molecular formula is C23H24ClN5O4S. The van der Waals surface area contributed by atoms with Crippen molar-refractivity contribution in [3.8, 4) is 5.75 Å². The van der Waals surface area contributed by atoms with Crippen molar-refractivity contribution in [3.05, 3.63) is 81.1 Å². The van der Waals surface area contributed by atoms with Crippen LogP contribution in [-0.4, -0.2) is 31.3 Å². The van der Waals surface area contributed by atoms with E-state index in [0.29, 0.717) is 34.0 Å². The summed E-state index contributed by atoms with van der Waals surface area (Å²) in [6.45, 7) is 9.96. The fourth-order valence-electron chi connectivity index (χ4n) is 3.23. The summed E-state index contributed by atoms with van der Waals surface area (Å²) in [4.78, 5) is 22.6. The van der Waals surface area contributed by atoms with Crippen molar-refractivity contribution < 1.29 is 14.5 Å². The number of thioether (sulfide) groups is 1. The van der Waals surface area contributed by atoms with E-state index in [9.17, 15) is 14.9 Å². The molecule has 3 aromatic rings. The minimum Gasteiger partial charge on any atom is -0.483 e. The number of nitrogens with zero attached hydrogens (tertiary/aromatic N) is 4. The Bertz CT molecular complexity index is 1190. The molecule has 2 aromatic carbocycles. The molecule has 0 spiro atoms. The summed E-state index contributed by atoms with van der Waals surface area (Å²) in [7, 11) is 0. The molecule has 9 nitrogen and oxygen atoms in total. The lowest BCUT2D eigenvalue weighted by molar-refractivity contribution is -0.384. The first kappa shape index (κ1) is 25.3. The zero-order valence-corrected chi connectivity index (χ0v) is 20.5. The number of amides is 1. The van der Waals surface area contributed by atoms with Gasteiger partial charge in [0, 0.05) is 29.4 Å². The second-order valence-corrected chi connectivity index (χ2v) is 8.83. The van der Waals surface area contributed by atoms with Crippen LogP contribution in [0, 0.1) is 24.0 Å². The number of ether oxygens (including phenoxy) is 1. The predicted molar refractivity (Wildman–Crippen MR) is 133 cm³/mol. The number of nitrogens with one attached hydrogen (secondary N) is 1. The summed E-state index contributed by atoms with van der Waals surface area (Å²) in [6.07, 6.45) is 1.31. The van der Waals surface area contributed by atoms with Crippen LogP contribution in [0.25, 0.3) is 0 Å². The number of rotatable bonds is 10. The Kier molecular flexibility index (Phi) is 8.30. The third kappa shape index (κ3) is 6.15. The number of carbonyl (C=O) groups excluding carboxylic acids is 1. The number of aryl methyl sites for hydroxylation is 2. The first-order chi connectivity index (χ1) is 16.2. The maximum absolute atomic E-state index is 12.4. The molecule has 1 aromatic heterocycles. The van der Waals surface area contributed by atoms with E-state index >= 15 is 0 Å². The topological polar surface area (TPSA) is 112 Å². The number of halogens is 1. The fourth-order valence-corrected chi connectivity index (χ4v) is 4.10. The number of nitro groups is 1. The van der Waals surface area contributed by atoms with Gasteiger partial charge in [-0.05, 0) is 56.2 Å². The largest absolute Gasteiger partial charge is 0.483 e. The molecule has 1 unspecified atom stereocenters. The monoisotopic (exact) mass is 501 g/mol. The number of nitro benzene ring substituents is 1. The van der Waals surface area contributed by atoms with Gasteiger partial charge in [0.05, 0.1) is 10.7 Å². The van der Waals surface area contributed by atoms with Gasteiger partial charge in [-0.15, -0.1) is 16.8 Å². The molecule has 0 fully saturated rings. The molecule has 178 valence electrons. The smallest absolute Gasteiger partial charge is 0.269 e. The third-order valence-corrected chi connectivity index (χ3v) is 6.40. The van der Waals surface area contributed by atoms with Crippen LogP contribution >= 0.6 is 23.4 Å². The van der Waals surface area contributed by atoms with Gasteiger partial charge in [-0.2, -0.15) is 0 Å². The standard InChI is InChI=1S/C23H24ClN5O4S/c1-5-10-28-22(16(4)33-19-11-14(2)21(24)15(3)12-19)26-27-23(28)34-13-20(30)25-17-6-8-18(9-7-17)29(31)32/h5-9,11-12,16H,1,10,13H2,2-4H3,(H,25,30). The van der Waals surface area contributed by atoms with E-state index in [1.165, 1.54) is 36.0 Å². The summed E-state index contributed by atoms with van der Waals surface area (Å²) in [6, 6.07) is 9.38. The molecule has 0 aliphatic carbocycles. The molecule has 0 saturated heterocycles. The van der Waals surface area contributed by atoms with E-state index in [1.54, 1.807) is 6.08 Å². The highest BCUT2D eigenvalue weighted by Gasteiger charge is 2.20. The molecule has 0 aliphatic rings. The van der Waals surface area contributed by atoms with Crippen LogP contribution in [0.4, 0.5) is 11.4 Å². The summed E-state index contributed by atoms with van der Waals surface area (Å²) >= 11 is 7.47. The Morgan fingerprint density at radius 3 is 2.53 bits per heavy atom. The van der Waals surface area contributed by atoms with Gasteiger partial charge in [0.15, 0.2) is 17.1 Å². The number of non-ortho nitro benzene ring substituents is 1. The summed E-state index contributed by atoms with van der Waals surface area (Å²) < 4.78 is 7.94. The summed E-state index contributed by atoms with van der Waals surface area (Å²) in [5.41, 5.74) is 2.27. The number of anilines is 1. The minimum absolute atomic E-state index is 0.0438. The first-order valence-electron chi connectivity index (χ1n) is 10.3. The molecule has 0 bridgehead atoms. The average molecular weight is 502 g/mol. The van der Waals surface area contributed by atoms with Crippen LogP contribution in [-0.2, 0) is 11.3 Å². The van der Waals surface area contributed by atoms with Crippen LogP contribution in [0.3, 0.4) is 0 Å². The van der Waals surface area contributed by atoms with Gasteiger partial charge in [-0.1, -0.05) is 29.4 Å². The van der Waals surface area contributed by atoms with E-state index < -0.39 is 11.0 Å². The van der Waals surface area contributed by atoms with Crippen molar-refractivity contribution in [2.45, 2.75) is 38.6 Å². The van der Waals surface area contributed by atoms with Gasteiger partial charge in [0.25, 0.3) is 5.69 Å². The van der Waals surface area contributed by atoms with Crippen LogP contribution in [0.1, 0.15) is 30.0 Å². The summed E-state index contributed by atoms with van der Waals surface area (Å²) in [5.74, 6) is 1.09. The van der Waals surface area contributed by atoms with E-state index in [0.717, 1.165) is 11.1 Å². The van der Waals surface area contributed by atoms with Crippen molar-refractivity contribution in [1.82, 2.24) is 14.8 Å². The number of benzene rings is 2. The molecule has 34 heavy (non-hydrogen) atoms. The molecule has 1 atom stereocenters. The lowest BCUT2D eigenvalue weighted by Crippen LogP contribution is -2.15. The lowest BCUT2D eigenvalue weighted by Gasteiger charge is -2.17. The number of allylic oxidation sites excluding steroid dienone is 1. The quantitative estimate of drug-likeness (QED) is 0.168. The Morgan fingerprint density at radius 2 is 1.94 bits per heavy atom. The first-order valence-corrected chi connectivity index (χ1v) is 11.7. The third-order valence-electron chi connectivity index (χ3n) is 4.84. The normalized spacial score (nSPS) is 11.6. The van der Waals surface area contributed by atoms with Crippen molar-refractivity contribution in [2.75, 3.05) is 11.1 Å². The molecule has 3 rings (SSSR count). The van der Waals surface area contributed by atoms with E-state index in [-0.39, 0.29) is 17.3 Å². The minimum atomic E-state index is -0.495. The molecule has 1 N–H and O–H groups in total. The molecule has 0 saturated carbocycles. The number of hydrogen-bond acceptors (Lipinski definition) is 7. The predicted octanol–water partition coefficient (Wildman–Crippen LogP) is 5.51. The van der Waals surface area contributed by atoms with Crippen LogP contribution in [0.2, 0.25) is 5.02 Å². The van der Waals surface area contributed by atoms with Crippen molar-refractivity contribution in [3.63, 3.8) is 0 Å². The maximum atomic E-state index is 12.4. The second-order valence-electron chi connectivity index (χ2n) is 7.51. The van der Waals surface area contributed by atoms with Gasteiger partial charge >= 0.3 is 0 Å². The Labute approximate surface area is 206 Å². The van der Waals surface area contributed by atoms with E-state index in [2.05, 4.69) is 22.1 Å². The highest BCUT2D eigenvalue weighted by atomic mass is 35.5. The Balaban J connectivity index is 1.67. The molecule has 11 heteroatoms. The molecule has 0 aliphatic heterocycles. The highest BCUT2D eigenvalue weighted by molar-refractivity contribution is 7.99. The van der Waals surface area contributed by atoms with Crippen LogP contribution in [0.5, 0.6) is 5.75 Å². The van der Waals surface area contributed by atoms with E-state index in [4.69, 9.17) is 16.3 Å². The zero-order valence-electron chi connectivity index (χ0n) is 18.9. The van der Waals surface area contributed by atoms with Gasteiger partial charge < -0.3 is 10.1 Å². The zero-order chi connectivity index (χ0) is 24.8. The lowest BCUT2D eigenvalue weighted by atomic mass is 10.1. The van der Waals surface area contributed by atoms with Crippen LogP contribution in [0.15, 0.2) is 54.2 Å².